The van der Waals surface area contributed by atoms with Gasteiger partial charge in [0.15, 0.2) is 22.3 Å². The Balaban J connectivity index is 1.17. The number of oxime groups is 1. The fourth-order valence-corrected chi connectivity index (χ4v) is 5.90. The SMILES string of the molecule is CC(C)(O/N=C(/C(=O)NC1CN(C(=O)NS(=O)(=O)N2CCN(NC(=O)c3cc4cc(O)c(O)cc4cn3)C2=O)C1=O)c1csc(N)n1)C(=O)O. The lowest BCUT2D eigenvalue weighted by molar-refractivity contribution is -0.161. The van der Waals surface area contributed by atoms with E-state index in [9.17, 15) is 52.5 Å². The van der Waals surface area contributed by atoms with Gasteiger partial charge in [0.25, 0.3) is 17.7 Å². The fraction of sp³-hybridized carbons (Fsp3) is 0.269. The Morgan fingerprint density at radius 2 is 1.76 bits per heavy atom. The van der Waals surface area contributed by atoms with Crippen LogP contribution in [-0.2, 0) is 29.4 Å². The quantitative estimate of drug-likeness (QED) is 0.0547. The number of imide groups is 1. The van der Waals surface area contributed by atoms with Crippen molar-refractivity contribution in [2.24, 2.45) is 5.16 Å². The van der Waals surface area contributed by atoms with Crippen molar-refractivity contribution in [3.63, 3.8) is 0 Å². The number of nitrogens with two attached hydrogens (primary N) is 1. The van der Waals surface area contributed by atoms with E-state index in [0.29, 0.717) is 20.7 Å². The Bertz CT molecular complexity index is 2100. The number of β-lactam (4-membered cyclic amide) rings is 1. The number of amides is 7. The number of aromatic hydroxyl groups is 2. The summed E-state index contributed by atoms with van der Waals surface area (Å²) in [5.74, 6) is -5.26. The number of carboxylic acids is 1. The number of phenols is 2. The van der Waals surface area contributed by atoms with Gasteiger partial charge in [-0.15, -0.1) is 11.3 Å². The molecule has 50 heavy (non-hydrogen) atoms. The molecule has 2 fully saturated rings. The van der Waals surface area contributed by atoms with E-state index in [4.69, 9.17) is 10.6 Å². The highest BCUT2D eigenvalue weighted by Crippen LogP contribution is 2.30. The third kappa shape index (κ3) is 6.95. The maximum Gasteiger partial charge on any atom is 0.353 e. The van der Waals surface area contributed by atoms with Crippen LogP contribution in [0.15, 0.2) is 34.9 Å². The van der Waals surface area contributed by atoms with Crippen LogP contribution in [0.4, 0.5) is 14.7 Å². The number of phenolic OH excluding ortho intramolecular Hbond substituents is 2. The normalized spacial score (nSPS) is 16.6. The standard InChI is InChI=1S/C26H26N10O12S2/c1-26(2,22(42)43)48-32-18(15-10-49-23(27)30-15)20(40)29-14-9-34(21(14)41)24(44)33-50(46,47)36-4-3-35(25(36)45)31-19(39)13-5-11-6-16(37)17(38)7-12(11)8-28-13/h5-8,10,14,37-38H,3-4,9H2,1-2H3,(H2,27,30)(H,29,40)(H,31,39)(H,33,44)(H,42,43)/b32-18+. The number of fused-ring (bicyclic) bond motifs is 1. The number of anilines is 1. The zero-order chi connectivity index (χ0) is 36.7. The van der Waals surface area contributed by atoms with Gasteiger partial charge in [0.05, 0.1) is 19.6 Å². The molecule has 5 rings (SSSR count). The second-order valence-corrected chi connectivity index (χ2v) is 13.5. The minimum Gasteiger partial charge on any atom is -0.504 e. The zero-order valence-corrected chi connectivity index (χ0v) is 27.3. The van der Waals surface area contributed by atoms with Crippen molar-refractivity contribution in [3.05, 3.63) is 41.2 Å². The highest BCUT2D eigenvalue weighted by Gasteiger charge is 2.46. The number of likely N-dealkylation sites (tertiary alicyclic amines) is 1. The van der Waals surface area contributed by atoms with Crippen LogP contribution in [0.3, 0.4) is 0 Å². The molecule has 0 spiro atoms. The second-order valence-electron chi connectivity index (χ2n) is 11.0. The smallest absolute Gasteiger partial charge is 0.353 e. The summed E-state index contributed by atoms with van der Waals surface area (Å²) >= 11 is 0.932. The Morgan fingerprint density at radius 3 is 2.38 bits per heavy atom. The first-order chi connectivity index (χ1) is 23.4. The number of carbonyl (C=O) groups excluding carboxylic acids is 5. The zero-order valence-electron chi connectivity index (χ0n) is 25.7. The van der Waals surface area contributed by atoms with Gasteiger partial charge in [0, 0.05) is 17.0 Å². The maximum atomic E-state index is 13.0. The molecule has 0 radical (unpaired) electrons. The molecule has 2 aliphatic rings. The highest BCUT2D eigenvalue weighted by molar-refractivity contribution is 7.88. The first kappa shape index (κ1) is 35.0. The van der Waals surface area contributed by atoms with E-state index in [1.807, 2.05) is 0 Å². The van der Waals surface area contributed by atoms with Gasteiger partial charge in [-0.1, -0.05) is 5.16 Å². The molecule has 24 heteroatoms. The van der Waals surface area contributed by atoms with Crippen LogP contribution in [0.2, 0.25) is 0 Å². The monoisotopic (exact) mass is 734 g/mol. The second kappa shape index (κ2) is 13.0. The average Bonchev–Trinajstić information content (AvgIpc) is 3.63. The minimum absolute atomic E-state index is 0.0372. The summed E-state index contributed by atoms with van der Waals surface area (Å²) in [6, 6.07) is -0.370. The predicted octanol–water partition coefficient (Wildman–Crippen LogP) is -1.37. The van der Waals surface area contributed by atoms with Gasteiger partial charge >= 0.3 is 28.2 Å². The maximum absolute atomic E-state index is 13.0. The number of aromatic nitrogens is 2. The number of hydrogen-bond acceptors (Lipinski definition) is 16. The number of nitrogens with zero attached hydrogens (tertiary/aromatic N) is 6. The average molecular weight is 735 g/mol. The Morgan fingerprint density at radius 1 is 1.08 bits per heavy atom. The van der Waals surface area contributed by atoms with Crippen LogP contribution in [0.25, 0.3) is 10.8 Å². The number of urea groups is 2. The number of benzene rings is 1. The van der Waals surface area contributed by atoms with Crippen molar-refractivity contribution in [1.82, 2.24) is 39.6 Å². The molecule has 4 heterocycles. The fourth-order valence-electron chi connectivity index (χ4n) is 4.28. The van der Waals surface area contributed by atoms with E-state index in [1.54, 1.807) is 4.72 Å². The van der Waals surface area contributed by atoms with E-state index in [2.05, 4.69) is 25.9 Å². The molecule has 3 aromatic rings. The molecule has 2 aliphatic heterocycles. The van der Waals surface area contributed by atoms with Gasteiger partial charge in [-0.2, -0.15) is 8.42 Å². The lowest BCUT2D eigenvalue weighted by Crippen LogP contribution is -2.68. The topological polar surface area (TPSA) is 316 Å². The molecule has 0 aliphatic carbocycles. The van der Waals surface area contributed by atoms with E-state index in [0.717, 1.165) is 11.3 Å². The molecule has 2 aromatic heterocycles. The molecule has 1 unspecified atom stereocenters. The minimum atomic E-state index is -4.90. The van der Waals surface area contributed by atoms with Crippen LogP contribution >= 0.6 is 11.3 Å². The van der Waals surface area contributed by atoms with E-state index in [1.165, 1.54) is 43.6 Å². The van der Waals surface area contributed by atoms with Crippen LogP contribution in [0.1, 0.15) is 30.0 Å². The van der Waals surface area contributed by atoms with Crippen molar-refractivity contribution in [1.29, 1.82) is 0 Å². The number of pyridine rings is 1. The van der Waals surface area contributed by atoms with Gasteiger partial charge < -0.3 is 31.2 Å². The molecule has 1 aromatic carbocycles. The van der Waals surface area contributed by atoms with Gasteiger partial charge in [-0.25, -0.2) is 33.4 Å². The van der Waals surface area contributed by atoms with Gasteiger partial charge in [0.1, 0.15) is 17.4 Å². The lowest BCUT2D eigenvalue weighted by atomic mass is 10.1. The van der Waals surface area contributed by atoms with Crippen LogP contribution in [0, 0.1) is 0 Å². The molecule has 0 bridgehead atoms. The number of carboxylic acid groups (broad SMARTS) is 1. The molecule has 7 amide bonds. The van der Waals surface area contributed by atoms with Crippen molar-refractivity contribution in [3.8, 4) is 11.5 Å². The molecule has 8 N–H and O–H groups in total. The molecule has 22 nitrogen and oxygen atoms in total. The molecular formula is C26H26N10O12S2. The number of nitrogen functional groups attached to an aromatic ring is 1. The summed E-state index contributed by atoms with van der Waals surface area (Å²) in [6.45, 7) is 0.986. The number of hydrazine groups is 1. The Kier molecular flexibility index (Phi) is 9.07. The summed E-state index contributed by atoms with van der Waals surface area (Å²) in [5, 5.41) is 37.2. The van der Waals surface area contributed by atoms with Crippen molar-refractivity contribution in [2.45, 2.75) is 25.5 Å². The highest BCUT2D eigenvalue weighted by atomic mass is 32.2. The van der Waals surface area contributed by atoms with Gasteiger partial charge in [0.2, 0.25) is 5.60 Å². The summed E-state index contributed by atoms with van der Waals surface area (Å²) in [7, 11) is -4.90. The van der Waals surface area contributed by atoms with E-state index in [-0.39, 0.29) is 27.4 Å². The molecule has 0 saturated carbocycles. The molecule has 264 valence electrons. The molecule has 2 saturated heterocycles. The summed E-state index contributed by atoms with van der Waals surface area (Å²) in [6.07, 6.45) is 1.23. The van der Waals surface area contributed by atoms with Crippen molar-refractivity contribution in [2.75, 3.05) is 25.4 Å². The van der Waals surface area contributed by atoms with Crippen molar-refractivity contribution >= 4 is 78.9 Å². The van der Waals surface area contributed by atoms with E-state index < -0.39 is 87.9 Å². The van der Waals surface area contributed by atoms with Crippen LogP contribution in [0.5, 0.6) is 11.5 Å². The van der Waals surface area contributed by atoms with Gasteiger partial charge in [-0.3, -0.25) is 29.7 Å². The summed E-state index contributed by atoms with van der Waals surface area (Å²) in [5.41, 5.74) is 5.10. The largest absolute Gasteiger partial charge is 0.504 e. The number of nitrogens with one attached hydrogen (secondary N) is 3. The Hall–Kier alpha value is -6.30. The lowest BCUT2D eigenvalue weighted by Gasteiger charge is -2.36. The third-order valence-corrected chi connectivity index (χ3v) is 9.13. The van der Waals surface area contributed by atoms with E-state index >= 15 is 0 Å². The molecular weight excluding hydrogens is 708 g/mol. The number of rotatable bonds is 10. The third-order valence-electron chi connectivity index (χ3n) is 7.10. The summed E-state index contributed by atoms with van der Waals surface area (Å²) in [4.78, 5) is 88.6. The molecule has 1 atom stereocenters. The number of thiazole rings is 1. The Labute approximate surface area is 284 Å². The number of carbonyl (C=O) groups is 6. The first-order valence-electron chi connectivity index (χ1n) is 14.0. The van der Waals surface area contributed by atoms with Gasteiger partial charge in [-0.05, 0) is 37.4 Å². The number of aliphatic carboxylic acids is 1. The van der Waals surface area contributed by atoms with Crippen molar-refractivity contribution < 1.29 is 57.3 Å². The number of hydrogen-bond donors (Lipinski definition) is 7. The summed E-state index contributed by atoms with van der Waals surface area (Å²) < 4.78 is 27.6. The van der Waals surface area contributed by atoms with Crippen LogP contribution in [-0.4, -0.2) is 121 Å². The first-order valence-corrected chi connectivity index (χ1v) is 16.3. The predicted molar refractivity (Wildman–Crippen MR) is 168 cm³/mol. The van der Waals surface area contributed by atoms with Crippen LogP contribution < -0.4 is 21.2 Å².